The van der Waals surface area contributed by atoms with Gasteiger partial charge in [-0.25, -0.2) is 0 Å². The van der Waals surface area contributed by atoms with Crippen molar-refractivity contribution >= 4 is 52.3 Å². The van der Waals surface area contributed by atoms with Gasteiger partial charge >= 0.3 is 0 Å². The number of likely N-dealkylation sites (N-methyl/N-ethyl adjacent to an activating group) is 1. The monoisotopic (exact) mass is 835 g/mol. The van der Waals surface area contributed by atoms with Crippen molar-refractivity contribution in [2.75, 3.05) is 13.6 Å². The summed E-state index contributed by atoms with van der Waals surface area (Å²) in [6, 6.07) is 20.7. The fourth-order valence-electron chi connectivity index (χ4n) is 7.47. The van der Waals surface area contributed by atoms with E-state index in [1.807, 2.05) is 24.3 Å². The SMILES string of the molecule is CC(=O)C(=O)CCC(=O)[C@@H]1Cc2ccc(O)c(c2)-c2cc(ccc2O)[C@H](N(C)C(=O)[C@H](CCCCN)CC(=O)c2ccc(-c3ccc(Cl)cc3)cc2)C(=O)C[C@@H](C)C(=O)N1. The molecule has 12 nitrogen and oxygen atoms in total. The molecule has 1 heterocycles. The minimum absolute atomic E-state index is 0.0517. The standard InChI is InChI=1S/C47H50ClN3O9/c1-27-22-44(58)45(51(3)47(60)34(6-4-5-21-49)26-43(57)32-10-8-30(9-11-32)31-12-15-35(48)16-13-31)33-14-18-41(55)37(25-33)36-23-29(7-17-40(36)54)24-38(50-46(27)59)42(56)20-19-39(53)28(2)52/h7-18,23,25,27,34,38,45,54-55H,4-6,19-22,24,26,49H2,1-3H3,(H,50,59)/t27-,34-,38+,45+/m1/s1. The molecule has 314 valence electrons. The number of nitrogens with two attached hydrogens (primary N) is 1. The molecule has 4 aromatic rings. The number of hydrogen-bond acceptors (Lipinski definition) is 10. The minimum atomic E-state index is -1.29. The van der Waals surface area contributed by atoms with Gasteiger partial charge in [0.05, 0.1) is 6.04 Å². The van der Waals surface area contributed by atoms with E-state index in [4.69, 9.17) is 17.3 Å². The molecule has 0 aliphatic carbocycles. The lowest BCUT2D eigenvalue weighted by Crippen LogP contribution is -2.46. The normalized spacial score (nSPS) is 17.2. The Morgan fingerprint density at radius 3 is 2.08 bits per heavy atom. The maximum Gasteiger partial charge on any atom is 0.226 e. The fourth-order valence-corrected chi connectivity index (χ4v) is 7.60. The Balaban J connectivity index is 1.49. The van der Waals surface area contributed by atoms with E-state index < -0.39 is 58.9 Å². The molecule has 1 aliphatic heterocycles. The second kappa shape index (κ2) is 20.3. The molecule has 1 aliphatic rings. The maximum atomic E-state index is 14.6. The smallest absolute Gasteiger partial charge is 0.226 e. The summed E-state index contributed by atoms with van der Waals surface area (Å²) in [5, 5.41) is 25.5. The van der Waals surface area contributed by atoms with Crippen LogP contribution in [0.25, 0.3) is 22.3 Å². The molecule has 4 atom stereocenters. The highest BCUT2D eigenvalue weighted by molar-refractivity contribution is 6.36. The summed E-state index contributed by atoms with van der Waals surface area (Å²) >= 11 is 6.05. The maximum absolute atomic E-state index is 14.6. The number of benzene rings is 4. The van der Waals surface area contributed by atoms with E-state index >= 15 is 0 Å². The molecule has 5 N–H and O–H groups in total. The van der Waals surface area contributed by atoms with Crippen LogP contribution in [-0.4, -0.2) is 75.5 Å². The number of amides is 2. The van der Waals surface area contributed by atoms with Gasteiger partial charge in [0.1, 0.15) is 17.5 Å². The van der Waals surface area contributed by atoms with E-state index in [1.54, 1.807) is 36.4 Å². The summed E-state index contributed by atoms with van der Waals surface area (Å²) in [7, 11) is 1.46. The number of nitrogens with one attached hydrogen (secondary N) is 1. The van der Waals surface area contributed by atoms with Crippen molar-refractivity contribution in [2.24, 2.45) is 17.6 Å². The molecular formula is C47H50ClN3O9. The van der Waals surface area contributed by atoms with Gasteiger partial charge in [0, 0.05) is 73.2 Å². The van der Waals surface area contributed by atoms with E-state index in [0.717, 1.165) is 18.1 Å². The van der Waals surface area contributed by atoms with E-state index in [9.17, 15) is 43.8 Å². The molecule has 5 rings (SSSR count). The number of hydrogen-bond donors (Lipinski definition) is 4. The number of ketones is 5. The van der Waals surface area contributed by atoms with Crippen molar-refractivity contribution in [2.45, 2.75) is 77.3 Å². The third kappa shape index (κ3) is 11.2. The molecule has 0 spiro atoms. The molecule has 13 heteroatoms. The molecule has 0 fully saturated rings. The van der Waals surface area contributed by atoms with Gasteiger partial charge in [0.25, 0.3) is 0 Å². The van der Waals surface area contributed by atoms with Gasteiger partial charge in [-0.2, -0.15) is 0 Å². The fraction of sp³-hybridized carbons (Fsp3) is 0.340. The van der Waals surface area contributed by atoms with Crippen molar-refractivity contribution in [3.63, 3.8) is 0 Å². The molecule has 2 amide bonds. The molecule has 4 bridgehead atoms. The predicted octanol–water partition coefficient (Wildman–Crippen LogP) is 6.75. The van der Waals surface area contributed by atoms with Crippen LogP contribution < -0.4 is 11.1 Å². The number of unbranched alkanes of at least 4 members (excludes halogenated alkanes) is 1. The highest BCUT2D eigenvalue weighted by atomic mass is 35.5. The van der Waals surface area contributed by atoms with Crippen molar-refractivity contribution in [3.05, 3.63) is 107 Å². The Morgan fingerprint density at radius 2 is 1.45 bits per heavy atom. The second-order valence-electron chi connectivity index (χ2n) is 15.5. The number of aromatic hydroxyl groups is 2. The Hall–Kier alpha value is -5.98. The van der Waals surface area contributed by atoms with Crippen LogP contribution in [0.3, 0.4) is 0 Å². The Kier molecular flexibility index (Phi) is 15.3. The largest absolute Gasteiger partial charge is 0.507 e. The molecule has 0 aromatic heterocycles. The number of halogens is 1. The van der Waals surface area contributed by atoms with Crippen LogP contribution in [0.4, 0.5) is 0 Å². The van der Waals surface area contributed by atoms with Gasteiger partial charge in [0.15, 0.2) is 28.9 Å². The molecule has 0 radical (unpaired) electrons. The van der Waals surface area contributed by atoms with E-state index in [0.29, 0.717) is 47.5 Å². The van der Waals surface area contributed by atoms with Crippen LogP contribution in [0.15, 0.2) is 84.9 Å². The lowest BCUT2D eigenvalue weighted by Gasteiger charge is -2.32. The van der Waals surface area contributed by atoms with E-state index in [2.05, 4.69) is 5.32 Å². The second-order valence-corrected chi connectivity index (χ2v) is 15.9. The summed E-state index contributed by atoms with van der Waals surface area (Å²) in [5.41, 5.74) is 9.10. The Labute approximate surface area is 354 Å². The topological polar surface area (TPSA) is 201 Å². The summed E-state index contributed by atoms with van der Waals surface area (Å²) in [4.78, 5) is 94.8. The summed E-state index contributed by atoms with van der Waals surface area (Å²) in [6.07, 6.45) is 0.238. The van der Waals surface area contributed by atoms with Gasteiger partial charge < -0.3 is 26.2 Å². The third-order valence-corrected chi connectivity index (χ3v) is 11.2. The van der Waals surface area contributed by atoms with Crippen LogP contribution >= 0.6 is 11.6 Å². The highest BCUT2D eigenvalue weighted by Gasteiger charge is 2.36. The molecule has 0 saturated carbocycles. The van der Waals surface area contributed by atoms with Crippen LogP contribution in [0, 0.1) is 11.8 Å². The quantitative estimate of drug-likeness (QED) is 0.0564. The van der Waals surface area contributed by atoms with Crippen LogP contribution in [0.2, 0.25) is 5.02 Å². The zero-order valence-electron chi connectivity index (χ0n) is 33.9. The van der Waals surface area contributed by atoms with Gasteiger partial charge in [0.2, 0.25) is 11.8 Å². The zero-order chi connectivity index (χ0) is 43.7. The van der Waals surface area contributed by atoms with Gasteiger partial charge in [-0.05, 0) is 84.5 Å². The zero-order valence-corrected chi connectivity index (χ0v) is 34.7. The van der Waals surface area contributed by atoms with Crippen molar-refractivity contribution < 1.29 is 43.8 Å². The predicted molar refractivity (Wildman–Crippen MR) is 227 cm³/mol. The third-order valence-electron chi connectivity index (χ3n) is 11.0. The molecule has 0 saturated heterocycles. The number of nitrogens with zero attached hydrogens (tertiary/aromatic N) is 1. The van der Waals surface area contributed by atoms with Gasteiger partial charge in [-0.1, -0.05) is 73.5 Å². The lowest BCUT2D eigenvalue weighted by atomic mass is 9.87. The summed E-state index contributed by atoms with van der Waals surface area (Å²) in [6.45, 7) is 3.01. The first kappa shape index (κ1) is 45.1. The van der Waals surface area contributed by atoms with E-state index in [1.165, 1.54) is 43.1 Å². The van der Waals surface area contributed by atoms with Crippen molar-refractivity contribution in [1.29, 1.82) is 0 Å². The first-order valence-corrected chi connectivity index (χ1v) is 20.4. The Bertz CT molecular complexity index is 2270. The molecule has 4 aromatic carbocycles. The molecular weight excluding hydrogens is 786 g/mol. The number of rotatable bonds is 15. The van der Waals surface area contributed by atoms with Crippen LogP contribution in [0.1, 0.15) is 86.3 Å². The van der Waals surface area contributed by atoms with Gasteiger partial charge in [-0.3, -0.25) is 33.6 Å². The highest BCUT2D eigenvalue weighted by Crippen LogP contribution is 2.40. The average molecular weight is 836 g/mol. The summed E-state index contributed by atoms with van der Waals surface area (Å²) < 4.78 is 0. The van der Waals surface area contributed by atoms with Crippen molar-refractivity contribution in [1.82, 2.24) is 10.2 Å². The lowest BCUT2D eigenvalue weighted by molar-refractivity contribution is -0.142. The summed E-state index contributed by atoms with van der Waals surface area (Å²) in [5.74, 6) is -6.12. The molecule has 0 unspecified atom stereocenters. The number of carbonyl (C=O) groups is 7. The van der Waals surface area contributed by atoms with Crippen LogP contribution in [-0.2, 0) is 35.2 Å². The molecule has 60 heavy (non-hydrogen) atoms. The number of phenolic OH excluding ortho intramolecular Hbond substituents is 2. The van der Waals surface area contributed by atoms with E-state index in [-0.39, 0.29) is 60.5 Å². The van der Waals surface area contributed by atoms with Gasteiger partial charge in [-0.15, -0.1) is 0 Å². The number of carbonyl (C=O) groups excluding carboxylic acids is 7. The van der Waals surface area contributed by atoms with Crippen LogP contribution in [0.5, 0.6) is 11.5 Å². The Morgan fingerprint density at radius 1 is 0.833 bits per heavy atom. The number of Topliss-reactive ketones (excluding diaryl/α,β-unsaturated/α-hetero) is 5. The first-order valence-electron chi connectivity index (χ1n) is 20.0. The number of phenols is 2. The average Bonchev–Trinajstić information content (AvgIpc) is 3.23. The minimum Gasteiger partial charge on any atom is -0.507 e. The van der Waals surface area contributed by atoms with Crippen molar-refractivity contribution in [3.8, 4) is 33.8 Å². The first-order chi connectivity index (χ1) is 28.6. The number of fused-ring (bicyclic) bond motifs is 5.